The third-order valence-electron chi connectivity index (χ3n) is 9.15. The number of amides is 1. The van der Waals surface area contributed by atoms with Crippen LogP contribution in [-0.2, 0) is 30.8 Å². The van der Waals surface area contributed by atoms with E-state index in [4.69, 9.17) is 20.8 Å². The number of benzene rings is 2. The second-order valence-corrected chi connectivity index (χ2v) is 14.5. The van der Waals surface area contributed by atoms with E-state index in [9.17, 15) is 27.9 Å². The standard InChI is InChI=1S/C32H35ClFN3O8S/c33-25-16-21(26(34)18-27(25)35-30(39)24-19-44-28-7-2-1-6-23(24)28)17-29(38)32(36-12-3-4-13-36,37-14-5-15-46(37,42)43)45-22-10-8-20(9-11-22)31(40)41/h1-2,6-7,16,18-20,22H,3-5,8-15,17H2,(H,35,39)(H,40,41). The maximum Gasteiger partial charge on any atom is 0.306 e. The van der Waals surface area contributed by atoms with Crippen molar-refractivity contribution >= 4 is 55.9 Å². The highest BCUT2D eigenvalue weighted by atomic mass is 35.5. The lowest BCUT2D eigenvalue weighted by atomic mass is 9.87. The van der Waals surface area contributed by atoms with Gasteiger partial charge in [0.15, 0.2) is 0 Å². The van der Waals surface area contributed by atoms with Crippen LogP contribution in [0.2, 0.25) is 5.02 Å². The fraction of sp³-hybridized carbons (Fsp3) is 0.469. The number of ketones is 1. The van der Waals surface area contributed by atoms with Crippen molar-refractivity contribution in [2.24, 2.45) is 5.92 Å². The van der Waals surface area contributed by atoms with Gasteiger partial charge in [-0.15, -0.1) is 0 Å². The monoisotopic (exact) mass is 675 g/mol. The number of rotatable bonds is 10. The minimum atomic E-state index is -3.89. The van der Waals surface area contributed by atoms with Crippen LogP contribution in [0.4, 0.5) is 10.1 Å². The van der Waals surface area contributed by atoms with Gasteiger partial charge in [0.25, 0.3) is 11.8 Å². The molecule has 0 radical (unpaired) electrons. The summed E-state index contributed by atoms with van der Waals surface area (Å²) >= 11 is 6.51. The number of hydrogen-bond donors (Lipinski definition) is 2. The van der Waals surface area contributed by atoms with Crippen LogP contribution in [0.15, 0.2) is 47.1 Å². The predicted octanol–water partition coefficient (Wildman–Crippen LogP) is 5.03. The number of carboxylic acids is 1. The van der Waals surface area contributed by atoms with Crippen molar-refractivity contribution in [2.75, 3.05) is 30.7 Å². The highest BCUT2D eigenvalue weighted by molar-refractivity contribution is 7.89. The summed E-state index contributed by atoms with van der Waals surface area (Å²) < 4.78 is 55.6. The van der Waals surface area contributed by atoms with Crippen molar-refractivity contribution in [3.8, 4) is 0 Å². The molecule has 246 valence electrons. The van der Waals surface area contributed by atoms with Crippen LogP contribution in [-0.4, -0.2) is 77.7 Å². The number of ether oxygens (including phenoxy) is 1. The summed E-state index contributed by atoms with van der Waals surface area (Å²) in [6, 6.07) is 9.24. The molecule has 2 saturated heterocycles. The number of fused-ring (bicyclic) bond motifs is 1. The van der Waals surface area contributed by atoms with E-state index < -0.39 is 57.8 Å². The van der Waals surface area contributed by atoms with Crippen LogP contribution in [0, 0.1) is 11.7 Å². The van der Waals surface area contributed by atoms with Gasteiger partial charge in [0.1, 0.15) is 17.7 Å². The molecule has 46 heavy (non-hydrogen) atoms. The molecular weight excluding hydrogens is 641 g/mol. The predicted molar refractivity (Wildman–Crippen MR) is 167 cm³/mol. The van der Waals surface area contributed by atoms with Crippen LogP contribution in [0.3, 0.4) is 0 Å². The number of aliphatic carboxylic acids is 1. The minimum absolute atomic E-state index is 0.00925. The van der Waals surface area contributed by atoms with Crippen molar-refractivity contribution in [1.29, 1.82) is 0 Å². The second-order valence-electron chi connectivity index (χ2n) is 12.1. The van der Waals surface area contributed by atoms with Crippen molar-refractivity contribution in [3.63, 3.8) is 0 Å². The van der Waals surface area contributed by atoms with Gasteiger partial charge in [-0.2, -0.15) is 4.31 Å². The van der Waals surface area contributed by atoms with E-state index in [0.29, 0.717) is 56.2 Å². The summed E-state index contributed by atoms with van der Waals surface area (Å²) in [7, 11) is -3.89. The van der Waals surface area contributed by atoms with Crippen molar-refractivity contribution in [2.45, 2.75) is 63.3 Å². The molecule has 0 bridgehead atoms. The third kappa shape index (κ3) is 6.18. The molecule has 3 fully saturated rings. The molecule has 3 aromatic rings. The van der Waals surface area contributed by atoms with Gasteiger partial charge in [-0.25, -0.2) is 12.8 Å². The smallest absolute Gasteiger partial charge is 0.306 e. The number of carbonyl (C=O) groups excluding carboxylic acids is 2. The largest absolute Gasteiger partial charge is 0.481 e. The molecule has 1 saturated carbocycles. The number of hydrogen-bond acceptors (Lipinski definition) is 8. The zero-order valence-electron chi connectivity index (χ0n) is 25.0. The highest BCUT2D eigenvalue weighted by Gasteiger charge is 2.57. The number of halogens is 2. The third-order valence-corrected chi connectivity index (χ3v) is 11.4. The Morgan fingerprint density at radius 2 is 1.78 bits per heavy atom. The number of anilines is 1. The van der Waals surface area contributed by atoms with E-state index in [1.54, 1.807) is 29.2 Å². The Morgan fingerprint density at radius 3 is 2.46 bits per heavy atom. The number of carboxylic acid groups (broad SMARTS) is 1. The molecule has 2 aliphatic heterocycles. The SMILES string of the molecule is O=C(Nc1cc(F)c(CC(=O)C(OC2CCC(C(=O)O)CC2)(N2CCCC2)N2CCCS2(=O)=O)cc1Cl)c1coc2ccccc12. The maximum atomic E-state index is 15.7. The first-order valence-corrected chi connectivity index (χ1v) is 17.4. The summed E-state index contributed by atoms with van der Waals surface area (Å²) in [4.78, 5) is 40.8. The first-order valence-electron chi connectivity index (χ1n) is 15.4. The van der Waals surface area contributed by atoms with Gasteiger partial charge in [0, 0.05) is 31.4 Å². The molecule has 2 aromatic carbocycles. The van der Waals surface area contributed by atoms with E-state index >= 15 is 4.39 Å². The van der Waals surface area contributed by atoms with Gasteiger partial charge in [-0.1, -0.05) is 29.8 Å². The summed E-state index contributed by atoms with van der Waals surface area (Å²) in [6.45, 7) is 0.865. The molecule has 14 heteroatoms. The van der Waals surface area contributed by atoms with Crippen LogP contribution in [0.5, 0.6) is 0 Å². The van der Waals surface area contributed by atoms with Crippen LogP contribution in [0.1, 0.15) is 60.9 Å². The van der Waals surface area contributed by atoms with E-state index in [1.165, 1.54) is 12.3 Å². The molecule has 1 aromatic heterocycles. The Morgan fingerprint density at radius 1 is 1.07 bits per heavy atom. The molecule has 1 amide bonds. The van der Waals surface area contributed by atoms with Gasteiger partial charge in [-0.05, 0) is 68.7 Å². The molecule has 1 aliphatic carbocycles. The fourth-order valence-corrected chi connectivity index (χ4v) is 8.78. The average molecular weight is 676 g/mol. The topological polar surface area (TPSA) is 146 Å². The highest BCUT2D eigenvalue weighted by Crippen LogP contribution is 2.39. The molecule has 11 nitrogen and oxygen atoms in total. The molecule has 0 spiro atoms. The Labute approximate surface area is 270 Å². The van der Waals surface area contributed by atoms with E-state index in [0.717, 1.165) is 23.2 Å². The van der Waals surface area contributed by atoms with Crippen molar-refractivity contribution < 1.29 is 41.5 Å². The van der Waals surface area contributed by atoms with E-state index in [2.05, 4.69) is 5.32 Å². The molecule has 3 aliphatic rings. The Kier molecular flexibility index (Phi) is 9.23. The first kappa shape index (κ1) is 32.6. The zero-order chi connectivity index (χ0) is 32.6. The summed E-state index contributed by atoms with van der Waals surface area (Å²) in [5, 5.41) is 12.6. The van der Waals surface area contributed by atoms with E-state index in [1.807, 2.05) is 0 Å². The number of Topliss-reactive ketones (excluding diaryl/α,β-unsaturated/α-hetero) is 1. The Hall–Kier alpha value is -3.36. The molecule has 1 unspecified atom stereocenters. The van der Waals surface area contributed by atoms with Gasteiger partial charge in [-0.3, -0.25) is 19.3 Å². The summed E-state index contributed by atoms with van der Waals surface area (Å²) in [5.41, 5.74) is 0.658. The molecule has 1 atom stereocenters. The number of para-hydroxylation sites is 1. The molecule has 6 rings (SSSR count). The number of likely N-dealkylation sites (tertiary alicyclic amines) is 1. The number of nitrogens with one attached hydrogen (secondary N) is 1. The lowest BCUT2D eigenvalue weighted by Gasteiger charge is -2.47. The van der Waals surface area contributed by atoms with Crippen LogP contribution in [0.25, 0.3) is 11.0 Å². The lowest BCUT2D eigenvalue weighted by Crippen LogP contribution is -2.68. The number of nitrogens with zero attached hydrogens (tertiary/aromatic N) is 2. The zero-order valence-corrected chi connectivity index (χ0v) is 26.6. The number of furan rings is 1. The van der Waals surface area contributed by atoms with Gasteiger partial charge in [0.05, 0.1) is 34.0 Å². The lowest BCUT2D eigenvalue weighted by molar-refractivity contribution is -0.234. The fourth-order valence-electron chi connectivity index (χ4n) is 6.78. The summed E-state index contributed by atoms with van der Waals surface area (Å²) in [6.07, 6.45) is 3.31. The normalized spacial score (nSPS) is 23.3. The quantitative estimate of drug-likeness (QED) is 0.302. The van der Waals surface area contributed by atoms with Crippen LogP contribution >= 0.6 is 11.6 Å². The maximum absolute atomic E-state index is 15.7. The van der Waals surface area contributed by atoms with Gasteiger partial charge < -0.3 is 19.6 Å². The molecular formula is C32H35ClFN3O8S. The number of carbonyl (C=O) groups is 3. The van der Waals surface area contributed by atoms with Gasteiger partial charge >= 0.3 is 5.97 Å². The Balaban J connectivity index is 1.29. The summed E-state index contributed by atoms with van der Waals surface area (Å²) in [5.74, 6) is -5.62. The van der Waals surface area contributed by atoms with Crippen molar-refractivity contribution in [1.82, 2.24) is 9.21 Å². The Bertz CT molecular complexity index is 1770. The van der Waals surface area contributed by atoms with Crippen LogP contribution < -0.4 is 5.32 Å². The average Bonchev–Trinajstić information content (AvgIpc) is 3.79. The van der Waals surface area contributed by atoms with Gasteiger partial charge in [0.2, 0.25) is 15.8 Å². The molecule has 3 heterocycles. The number of sulfonamides is 1. The molecule has 2 N–H and O–H groups in total. The van der Waals surface area contributed by atoms with Crippen molar-refractivity contribution in [3.05, 3.63) is 64.6 Å². The van der Waals surface area contributed by atoms with E-state index in [-0.39, 0.29) is 34.1 Å². The second kappa shape index (κ2) is 13.0. The minimum Gasteiger partial charge on any atom is -0.481 e. The first-order chi connectivity index (χ1) is 22.0.